The maximum Gasteiger partial charge on any atom is 0.248 e. The topological polar surface area (TPSA) is 81.7 Å². The SMILES string of the molecule is CS(=O)(=O)Cc1cc(F)ccc1NC(=O)C=Cc1ccc2c(c1)OCO2. The Bertz CT molecular complexity index is 985. The third-order valence-corrected chi connectivity index (χ3v) is 4.40. The first-order valence-electron chi connectivity index (χ1n) is 7.65. The van der Waals surface area contributed by atoms with E-state index in [0.29, 0.717) is 11.5 Å². The molecule has 1 amide bonds. The highest BCUT2D eigenvalue weighted by molar-refractivity contribution is 7.89. The minimum atomic E-state index is -3.38. The molecule has 26 heavy (non-hydrogen) atoms. The number of carbonyl (C=O) groups excluding carboxylic acids is 1. The lowest BCUT2D eigenvalue weighted by atomic mass is 10.1. The highest BCUT2D eigenvalue weighted by Gasteiger charge is 2.13. The van der Waals surface area contributed by atoms with Crippen LogP contribution in [0.3, 0.4) is 0 Å². The van der Waals surface area contributed by atoms with Crippen LogP contribution in [0.4, 0.5) is 10.1 Å². The predicted molar refractivity (Wildman–Crippen MR) is 95.2 cm³/mol. The number of rotatable bonds is 5. The molecule has 1 aliphatic heterocycles. The zero-order valence-corrected chi connectivity index (χ0v) is 14.7. The largest absolute Gasteiger partial charge is 0.454 e. The number of hydrogen-bond acceptors (Lipinski definition) is 5. The minimum Gasteiger partial charge on any atom is -0.454 e. The number of amides is 1. The number of hydrogen-bond donors (Lipinski definition) is 1. The van der Waals surface area contributed by atoms with Crippen LogP contribution in [0.1, 0.15) is 11.1 Å². The number of benzene rings is 2. The lowest BCUT2D eigenvalue weighted by Gasteiger charge is -2.09. The fraction of sp³-hybridized carbons (Fsp3) is 0.167. The van der Waals surface area contributed by atoms with E-state index in [1.165, 1.54) is 12.1 Å². The summed E-state index contributed by atoms with van der Waals surface area (Å²) in [6.45, 7) is 0.163. The van der Waals surface area contributed by atoms with Gasteiger partial charge in [-0.2, -0.15) is 0 Å². The van der Waals surface area contributed by atoms with Crippen molar-refractivity contribution in [1.29, 1.82) is 0 Å². The molecule has 0 unspecified atom stereocenters. The van der Waals surface area contributed by atoms with Crippen molar-refractivity contribution in [2.75, 3.05) is 18.4 Å². The third-order valence-electron chi connectivity index (χ3n) is 3.57. The summed E-state index contributed by atoms with van der Waals surface area (Å²) < 4.78 is 46.8. The molecule has 1 heterocycles. The summed E-state index contributed by atoms with van der Waals surface area (Å²) >= 11 is 0. The van der Waals surface area contributed by atoms with Gasteiger partial charge in [0.05, 0.1) is 5.75 Å². The zero-order chi connectivity index (χ0) is 18.7. The van der Waals surface area contributed by atoms with Crippen molar-refractivity contribution < 1.29 is 27.1 Å². The van der Waals surface area contributed by atoms with E-state index in [2.05, 4.69) is 5.32 Å². The monoisotopic (exact) mass is 377 g/mol. The summed E-state index contributed by atoms with van der Waals surface area (Å²) in [5.74, 6) is -0.168. The Morgan fingerprint density at radius 3 is 2.73 bits per heavy atom. The quantitative estimate of drug-likeness (QED) is 0.811. The molecule has 0 saturated heterocycles. The van der Waals surface area contributed by atoms with Crippen molar-refractivity contribution in [1.82, 2.24) is 0 Å². The Morgan fingerprint density at radius 1 is 1.19 bits per heavy atom. The van der Waals surface area contributed by atoms with Crippen molar-refractivity contribution in [3.8, 4) is 11.5 Å². The van der Waals surface area contributed by atoms with Gasteiger partial charge in [0.15, 0.2) is 21.3 Å². The molecule has 2 aromatic rings. The minimum absolute atomic E-state index is 0.163. The van der Waals surface area contributed by atoms with Crippen molar-refractivity contribution in [3.05, 3.63) is 59.4 Å². The van der Waals surface area contributed by atoms with E-state index in [0.717, 1.165) is 24.0 Å². The number of nitrogens with one attached hydrogen (secondary N) is 1. The Labute approximate surface area is 150 Å². The van der Waals surface area contributed by atoms with Crippen molar-refractivity contribution >= 4 is 27.5 Å². The maximum atomic E-state index is 13.4. The van der Waals surface area contributed by atoms with Crippen molar-refractivity contribution in [3.63, 3.8) is 0 Å². The number of anilines is 1. The Morgan fingerprint density at radius 2 is 1.96 bits per heavy atom. The molecule has 136 valence electrons. The first-order valence-corrected chi connectivity index (χ1v) is 9.71. The lowest BCUT2D eigenvalue weighted by molar-refractivity contribution is -0.111. The van der Waals surface area contributed by atoms with Gasteiger partial charge in [-0.1, -0.05) is 6.07 Å². The van der Waals surface area contributed by atoms with Gasteiger partial charge in [-0.15, -0.1) is 0 Å². The molecule has 8 heteroatoms. The van der Waals surface area contributed by atoms with Gasteiger partial charge >= 0.3 is 0 Å². The van der Waals surface area contributed by atoms with Gasteiger partial charge in [-0.05, 0) is 47.5 Å². The molecule has 6 nitrogen and oxygen atoms in total. The molecule has 0 atom stereocenters. The molecule has 0 bridgehead atoms. The van der Waals surface area contributed by atoms with Crippen molar-refractivity contribution in [2.24, 2.45) is 0 Å². The van der Waals surface area contributed by atoms with Gasteiger partial charge < -0.3 is 14.8 Å². The number of fused-ring (bicyclic) bond motifs is 1. The van der Waals surface area contributed by atoms with Gasteiger partial charge in [0, 0.05) is 18.0 Å². The van der Waals surface area contributed by atoms with Gasteiger partial charge in [-0.25, -0.2) is 12.8 Å². The molecule has 0 aromatic heterocycles. The van der Waals surface area contributed by atoms with Crippen molar-refractivity contribution in [2.45, 2.75) is 5.75 Å². The summed E-state index contributed by atoms with van der Waals surface area (Å²) in [6.07, 6.45) is 3.92. The molecule has 0 spiro atoms. The predicted octanol–water partition coefficient (Wildman–Crippen LogP) is 2.75. The van der Waals surface area contributed by atoms with E-state index in [9.17, 15) is 17.6 Å². The van der Waals surface area contributed by atoms with Crippen LogP contribution in [0.15, 0.2) is 42.5 Å². The highest BCUT2D eigenvalue weighted by Crippen LogP contribution is 2.32. The Hall–Kier alpha value is -2.87. The van der Waals surface area contributed by atoms with E-state index >= 15 is 0 Å². The Balaban J connectivity index is 1.74. The lowest BCUT2D eigenvalue weighted by Crippen LogP contribution is -2.12. The summed E-state index contributed by atoms with van der Waals surface area (Å²) in [5, 5.41) is 2.57. The van der Waals surface area contributed by atoms with E-state index in [1.807, 2.05) is 0 Å². The molecular formula is C18H16FNO5S. The van der Waals surface area contributed by atoms with Crippen LogP contribution in [-0.2, 0) is 20.4 Å². The van der Waals surface area contributed by atoms with Crippen LogP contribution >= 0.6 is 0 Å². The van der Waals surface area contributed by atoms with Crippen LogP contribution in [0.25, 0.3) is 6.08 Å². The maximum absolute atomic E-state index is 13.4. The number of ether oxygens (including phenoxy) is 2. The summed E-state index contributed by atoms with van der Waals surface area (Å²) in [4.78, 5) is 12.1. The molecule has 1 N–H and O–H groups in total. The second-order valence-electron chi connectivity index (χ2n) is 5.81. The van der Waals surface area contributed by atoms with Crippen LogP contribution in [0.5, 0.6) is 11.5 Å². The number of carbonyl (C=O) groups is 1. The molecular weight excluding hydrogens is 361 g/mol. The van der Waals surface area contributed by atoms with Crippen LogP contribution in [-0.4, -0.2) is 27.4 Å². The van der Waals surface area contributed by atoms with Gasteiger partial charge in [0.25, 0.3) is 0 Å². The van der Waals surface area contributed by atoms with E-state index < -0.39 is 21.6 Å². The standard InChI is InChI=1S/C18H16FNO5S/c1-26(22,23)10-13-9-14(19)4-5-15(13)20-18(21)7-3-12-2-6-16-17(8-12)25-11-24-16/h2-9H,10-11H2,1H3,(H,20,21). The summed E-state index contributed by atoms with van der Waals surface area (Å²) in [7, 11) is -3.38. The second kappa shape index (κ2) is 7.17. The molecule has 0 saturated carbocycles. The molecule has 0 aliphatic carbocycles. The van der Waals surface area contributed by atoms with E-state index in [-0.39, 0.29) is 23.8 Å². The summed E-state index contributed by atoms with van der Waals surface area (Å²) in [5.41, 5.74) is 1.18. The second-order valence-corrected chi connectivity index (χ2v) is 7.95. The molecule has 0 fully saturated rings. The van der Waals surface area contributed by atoms with Crippen LogP contribution in [0, 0.1) is 5.82 Å². The Kier molecular flexibility index (Phi) is 4.94. The van der Waals surface area contributed by atoms with Gasteiger partial charge in [0.1, 0.15) is 5.82 Å². The molecule has 0 radical (unpaired) electrons. The van der Waals surface area contributed by atoms with E-state index in [4.69, 9.17) is 9.47 Å². The van der Waals surface area contributed by atoms with Crippen LogP contribution in [0.2, 0.25) is 0 Å². The molecule has 1 aliphatic rings. The van der Waals surface area contributed by atoms with Gasteiger partial charge in [0.2, 0.25) is 12.7 Å². The fourth-order valence-electron chi connectivity index (χ4n) is 2.45. The molecule has 2 aromatic carbocycles. The highest BCUT2D eigenvalue weighted by atomic mass is 32.2. The number of sulfone groups is 1. The average Bonchev–Trinajstić information content (AvgIpc) is 3.02. The fourth-order valence-corrected chi connectivity index (χ4v) is 3.25. The smallest absolute Gasteiger partial charge is 0.248 e. The zero-order valence-electron chi connectivity index (χ0n) is 13.9. The summed E-state index contributed by atoms with van der Waals surface area (Å²) in [6, 6.07) is 8.83. The molecule has 3 rings (SSSR count). The first-order chi connectivity index (χ1) is 12.3. The first kappa shape index (κ1) is 17.9. The average molecular weight is 377 g/mol. The normalized spacial score (nSPS) is 13.2. The van der Waals surface area contributed by atoms with Gasteiger partial charge in [-0.3, -0.25) is 4.79 Å². The third kappa shape index (κ3) is 4.60. The van der Waals surface area contributed by atoms with Crippen LogP contribution < -0.4 is 14.8 Å². The number of halogens is 1. The van der Waals surface area contributed by atoms with E-state index in [1.54, 1.807) is 24.3 Å².